The molecule has 3 aromatic rings. The van der Waals surface area contributed by atoms with Crippen LogP contribution in [-0.2, 0) is 22.9 Å². The summed E-state index contributed by atoms with van der Waals surface area (Å²) < 4.78 is 69.3. The standard InChI is InChI=1S/C21H14ClF5N4O/c1-10-5-11(21(25,26)27)6-18(30-10)31-17-3-2-4-29-16(17)9-20(31,19(28)32)12-7-13(22)15(24)8-14(12)23/h2-8H,9H2,1H3,(H2,28,32). The zero-order valence-electron chi connectivity index (χ0n) is 16.3. The normalized spacial score (nSPS) is 18.0. The minimum Gasteiger partial charge on any atom is -0.367 e. The number of halogens is 6. The van der Waals surface area contributed by atoms with E-state index in [2.05, 4.69) is 9.97 Å². The number of alkyl halides is 3. The van der Waals surface area contributed by atoms with Gasteiger partial charge in [-0.25, -0.2) is 13.8 Å². The predicted octanol–water partition coefficient (Wildman–Crippen LogP) is 4.81. The third-order valence-corrected chi connectivity index (χ3v) is 5.56. The number of primary amides is 1. The first-order valence-corrected chi connectivity index (χ1v) is 9.58. The van der Waals surface area contributed by atoms with Crippen molar-refractivity contribution in [1.82, 2.24) is 9.97 Å². The molecule has 0 fully saturated rings. The van der Waals surface area contributed by atoms with Crippen LogP contribution in [0.25, 0.3) is 0 Å². The van der Waals surface area contributed by atoms with Crippen molar-refractivity contribution in [2.75, 3.05) is 4.90 Å². The second-order valence-corrected chi connectivity index (χ2v) is 7.71. The Morgan fingerprint density at radius 3 is 2.56 bits per heavy atom. The second-order valence-electron chi connectivity index (χ2n) is 7.31. The van der Waals surface area contributed by atoms with E-state index in [1.54, 1.807) is 0 Å². The van der Waals surface area contributed by atoms with Crippen LogP contribution >= 0.6 is 11.6 Å². The summed E-state index contributed by atoms with van der Waals surface area (Å²) in [5.41, 5.74) is 2.68. The molecule has 0 radical (unpaired) electrons. The first kappa shape index (κ1) is 21.9. The predicted molar refractivity (Wildman–Crippen MR) is 106 cm³/mol. The van der Waals surface area contributed by atoms with Crippen molar-refractivity contribution in [3.8, 4) is 0 Å². The SMILES string of the molecule is Cc1cc(C(F)(F)F)cc(N2c3cccnc3CC2(C(N)=O)c2cc(Cl)c(F)cc2F)n1. The number of nitrogens with two attached hydrogens (primary N) is 1. The molecule has 166 valence electrons. The first-order chi connectivity index (χ1) is 14.9. The fourth-order valence-corrected chi connectivity index (χ4v) is 4.09. The van der Waals surface area contributed by atoms with Crippen LogP contribution in [0, 0.1) is 18.6 Å². The van der Waals surface area contributed by atoms with Crippen LogP contribution in [0.15, 0.2) is 42.6 Å². The van der Waals surface area contributed by atoms with Gasteiger partial charge >= 0.3 is 6.18 Å². The lowest BCUT2D eigenvalue weighted by atomic mass is 9.85. The van der Waals surface area contributed by atoms with Crippen LogP contribution in [0.1, 0.15) is 22.5 Å². The zero-order valence-corrected chi connectivity index (χ0v) is 17.1. The molecule has 0 spiro atoms. The van der Waals surface area contributed by atoms with Gasteiger partial charge in [-0.3, -0.25) is 9.78 Å². The van der Waals surface area contributed by atoms with Gasteiger partial charge in [0.15, 0.2) is 5.54 Å². The highest BCUT2D eigenvalue weighted by molar-refractivity contribution is 6.30. The monoisotopic (exact) mass is 468 g/mol. The lowest BCUT2D eigenvalue weighted by Gasteiger charge is -2.37. The molecular weight excluding hydrogens is 455 g/mol. The number of carbonyl (C=O) groups is 1. The Labute approximate surface area is 183 Å². The number of fused-ring (bicyclic) bond motifs is 1. The molecule has 32 heavy (non-hydrogen) atoms. The van der Waals surface area contributed by atoms with Crippen molar-refractivity contribution < 1.29 is 26.7 Å². The molecule has 5 nitrogen and oxygen atoms in total. The van der Waals surface area contributed by atoms with E-state index in [9.17, 15) is 26.7 Å². The van der Waals surface area contributed by atoms with Crippen molar-refractivity contribution in [3.05, 3.63) is 81.8 Å². The molecule has 0 bridgehead atoms. The summed E-state index contributed by atoms with van der Waals surface area (Å²) in [4.78, 5) is 22.3. The molecule has 1 amide bonds. The van der Waals surface area contributed by atoms with E-state index in [0.29, 0.717) is 6.07 Å². The highest BCUT2D eigenvalue weighted by atomic mass is 35.5. The van der Waals surface area contributed by atoms with E-state index in [1.807, 2.05) is 0 Å². The van der Waals surface area contributed by atoms with Crippen LogP contribution in [0.2, 0.25) is 5.02 Å². The lowest BCUT2D eigenvalue weighted by Crippen LogP contribution is -2.52. The van der Waals surface area contributed by atoms with E-state index in [0.717, 1.165) is 23.1 Å². The maximum atomic E-state index is 15.0. The number of carbonyl (C=O) groups excluding carboxylic acids is 1. The van der Waals surface area contributed by atoms with Crippen LogP contribution in [0.4, 0.5) is 33.5 Å². The summed E-state index contributed by atoms with van der Waals surface area (Å²) in [6, 6.07) is 5.95. The molecule has 4 rings (SSSR count). The van der Waals surface area contributed by atoms with Gasteiger partial charge in [0.2, 0.25) is 5.91 Å². The summed E-state index contributed by atoms with van der Waals surface area (Å²) in [6.45, 7) is 1.35. The quantitative estimate of drug-likeness (QED) is 0.442. The smallest absolute Gasteiger partial charge is 0.367 e. The first-order valence-electron chi connectivity index (χ1n) is 9.20. The fraction of sp³-hybridized carbons (Fsp3) is 0.190. The van der Waals surface area contributed by atoms with Gasteiger partial charge in [0.05, 0.1) is 22.0 Å². The van der Waals surface area contributed by atoms with Gasteiger partial charge < -0.3 is 10.6 Å². The summed E-state index contributed by atoms with van der Waals surface area (Å²) in [6.07, 6.45) is -3.60. The molecule has 0 saturated heterocycles. The molecule has 3 heterocycles. The Morgan fingerprint density at radius 2 is 1.91 bits per heavy atom. The van der Waals surface area contributed by atoms with Crippen LogP contribution < -0.4 is 10.6 Å². The highest BCUT2D eigenvalue weighted by Crippen LogP contribution is 2.50. The van der Waals surface area contributed by atoms with E-state index < -0.39 is 45.4 Å². The number of rotatable bonds is 3. The molecule has 2 N–H and O–H groups in total. The van der Waals surface area contributed by atoms with Crippen molar-refractivity contribution in [3.63, 3.8) is 0 Å². The lowest BCUT2D eigenvalue weighted by molar-refractivity contribution is -0.137. The molecular formula is C21H14ClF5N4O. The van der Waals surface area contributed by atoms with E-state index in [1.165, 1.54) is 25.3 Å². The molecule has 0 aliphatic carbocycles. The Bertz CT molecular complexity index is 1250. The van der Waals surface area contributed by atoms with Gasteiger partial charge in [0, 0.05) is 29.9 Å². The molecule has 1 unspecified atom stereocenters. The average Bonchev–Trinajstić information content (AvgIpc) is 3.05. The summed E-state index contributed by atoms with van der Waals surface area (Å²) >= 11 is 5.85. The highest BCUT2D eigenvalue weighted by Gasteiger charge is 2.54. The summed E-state index contributed by atoms with van der Waals surface area (Å²) in [5, 5.41) is -0.487. The van der Waals surface area contributed by atoms with Gasteiger partial charge in [-0.2, -0.15) is 13.2 Å². The van der Waals surface area contributed by atoms with Gasteiger partial charge in [0.1, 0.15) is 17.5 Å². The topological polar surface area (TPSA) is 72.1 Å². The van der Waals surface area contributed by atoms with Crippen LogP contribution in [0.5, 0.6) is 0 Å². The number of pyridine rings is 2. The maximum Gasteiger partial charge on any atom is 0.416 e. The number of amides is 1. The number of nitrogens with zero attached hydrogens (tertiary/aromatic N) is 3. The van der Waals surface area contributed by atoms with Crippen LogP contribution in [-0.4, -0.2) is 15.9 Å². The van der Waals surface area contributed by atoms with Gasteiger partial charge in [-0.1, -0.05) is 11.6 Å². The molecule has 1 atom stereocenters. The zero-order chi connectivity index (χ0) is 23.4. The van der Waals surface area contributed by atoms with Crippen molar-refractivity contribution in [2.45, 2.75) is 25.1 Å². The minimum absolute atomic E-state index is 0.00291. The Kier molecular flexibility index (Phi) is 5.08. The number of hydrogen-bond acceptors (Lipinski definition) is 4. The minimum atomic E-state index is -4.71. The van der Waals surface area contributed by atoms with Gasteiger partial charge in [-0.15, -0.1) is 0 Å². The molecule has 1 aliphatic heterocycles. The Hall–Kier alpha value is -3.27. The summed E-state index contributed by atoms with van der Waals surface area (Å²) in [5.74, 6) is -3.62. The Morgan fingerprint density at radius 1 is 1.19 bits per heavy atom. The van der Waals surface area contributed by atoms with E-state index >= 15 is 0 Å². The van der Waals surface area contributed by atoms with E-state index in [4.69, 9.17) is 17.3 Å². The van der Waals surface area contributed by atoms with Crippen molar-refractivity contribution >= 4 is 29.0 Å². The third-order valence-electron chi connectivity index (χ3n) is 5.27. The molecule has 1 aliphatic rings. The van der Waals surface area contributed by atoms with Gasteiger partial charge in [-0.05, 0) is 37.3 Å². The molecule has 2 aromatic heterocycles. The number of aromatic nitrogens is 2. The number of hydrogen-bond donors (Lipinski definition) is 1. The maximum absolute atomic E-state index is 15.0. The number of anilines is 2. The molecule has 0 saturated carbocycles. The molecule has 1 aromatic carbocycles. The van der Waals surface area contributed by atoms with E-state index in [-0.39, 0.29) is 29.3 Å². The van der Waals surface area contributed by atoms with Crippen molar-refractivity contribution in [2.24, 2.45) is 5.73 Å². The average molecular weight is 469 g/mol. The Balaban J connectivity index is 2.07. The number of benzene rings is 1. The molecule has 11 heteroatoms. The van der Waals surface area contributed by atoms with Gasteiger partial charge in [0.25, 0.3) is 0 Å². The largest absolute Gasteiger partial charge is 0.416 e. The second kappa shape index (κ2) is 7.40. The third kappa shape index (κ3) is 3.35. The number of aryl methyl sites for hydroxylation is 1. The fourth-order valence-electron chi connectivity index (χ4n) is 3.93. The van der Waals surface area contributed by atoms with Crippen LogP contribution in [0.3, 0.4) is 0 Å². The van der Waals surface area contributed by atoms with Crippen molar-refractivity contribution in [1.29, 1.82) is 0 Å². The summed E-state index contributed by atoms with van der Waals surface area (Å²) in [7, 11) is 0.